The quantitative estimate of drug-likeness (QED) is 0.638. The molecule has 3 aromatic rings. The van der Waals surface area contributed by atoms with E-state index in [4.69, 9.17) is 4.74 Å². The molecule has 0 bridgehead atoms. The summed E-state index contributed by atoms with van der Waals surface area (Å²) in [5.41, 5.74) is 2.32. The van der Waals surface area contributed by atoms with E-state index < -0.39 is 0 Å². The average Bonchev–Trinajstić information content (AvgIpc) is 3.16. The van der Waals surface area contributed by atoms with Crippen LogP contribution in [-0.2, 0) is 11.3 Å². The van der Waals surface area contributed by atoms with Crippen molar-refractivity contribution in [2.45, 2.75) is 19.4 Å². The van der Waals surface area contributed by atoms with Crippen molar-refractivity contribution in [1.82, 2.24) is 19.9 Å². The molecule has 0 N–H and O–H groups in total. The van der Waals surface area contributed by atoms with E-state index in [1.807, 2.05) is 29.2 Å². The Kier molecular flexibility index (Phi) is 5.06. The lowest BCUT2D eigenvalue weighted by Gasteiger charge is -2.31. The fraction of sp³-hybridized carbons (Fsp3) is 0.333. The number of ether oxygens (including phenoxy) is 1. The summed E-state index contributed by atoms with van der Waals surface area (Å²) >= 11 is 0. The fourth-order valence-electron chi connectivity index (χ4n) is 3.64. The number of benzene rings is 2. The van der Waals surface area contributed by atoms with Gasteiger partial charge < -0.3 is 9.64 Å². The summed E-state index contributed by atoms with van der Waals surface area (Å²) in [7, 11) is 1.60. The lowest BCUT2D eigenvalue weighted by Crippen LogP contribution is -2.41. The number of hydrogen-bond acceptors (Lipinski definition) is 5. The van der Waals surface area contributed by atoms with Crippen molar-refractivity contribution < 1.29 is 14.3 Å². The molecule has 144 valence electrons. The molecule has 7 nitrogen and oxygen atoms in total. The van der Waals surface area contributed by atoms with Crippen LogP contribution >= 0.6 is 0 Å². The maximum Gasteiger partial charge on any atom is 0.244 e. The highest BCUT2D eigenvalue weighted by atomic mass is 16.5. The molecule has 2 aromatic carbocycles. The average molecular weight is 378 g/mol. The third kappa shape index (κ3) is 3.60. The lowest BCUT2D eigenvalue weighted by molar-refractivity contribution is -0.133. The minimum absolute atomic E-state index is 0.00556. The molecule has 7 heteroatoms. The van der Waals surface area contributed by atoms with Crippen LogP contribution in [0, 0.1) is 5.92 Å². The van der Waals surface area contributed by atoms with Gasteiger partial charge in [0.25, 0.3) is 0 Å². The van der Waals surface area contributed by atoms with E-state index >= 15 is 0 Å². The molecule has 1 aliphatic heterocycles. The zero-order valence-corrected chi connectivity index (χ0v) is 15.7. The molecule has 1 fully saturated rings. The highest BCUT2D eigenvalue weighted by molar-refractivity contribution is 5.98. The molecule has 1 aromatic heterocycles. The Bertz CT molecular complexity index is 988. The van der Waals surface area contributed by atoms with Gasteiger partial charge in [-0.2, -0.15) is 0 Å². The number of rotatable bonds is 5. The standard InChI is InChI=1S/C21H22N4O3/c1-28-17-8-6-15(7-9-17)21(27)16-10-12-24(13-11-16)20(26)14-25-19-5-3-2-4-18(19)22-23-25/h2-9,16H,10-14H2,1H3. The second-order valence-electron chi connectivity index (χ2n) is 6.98. The van der Waals surface area contributed by atoms with E-state index in [1.165, 1.54) is 0 Å². The van der Waals surface area contributed by atoms with Crippen LogP contribution < -0.4 is 4.74 Å². The predicted molar refractivity (Wildman–Crippen MR) is 104 cm³/mol. The van der Waals surface area contributed by atoms with Crippen molar-refractivity contribution in [3.05, 3.63) is 54.1 Å². The van der Waals surface area contributed by atoms with Gasteiger partial charge >= 0.3 is 0 Å². The van der Waals surface area contributed by atoms with Crippen LogP contribution in [0.1, 0.15) is 23.2 Å². The maximum absolute atomic E-state index is 12.7. The van der Waals surface area contributed by atoms with E-state index in [0.717, 1.165) is 16.8 Å². The molecular formula is C21H22N4O3. The normalized spacial score (nSPS) is 15.0. The minimum Gasteiger partial charge on any atom is -0.497 e. The van der Waals surface area contributed by atoms with Crippen LogP contribution in [0.4, 0.5) is 0 Å². The first-order valence-corrected chi connectivity index (χ1v) is 9.40. The van der Waals surface area contributed by atoms with Crippen molar-refractivity contribution in [3.8, 4) is 5.75 Å². The first-order chi connectivity index (χ1) is 13.7. The van der Waals surface area contributed by atoms with Gasteiger partial charge in [-0.3, -0.25) is 9.59 Å². The predicted octanol–water partition coefficient (Wildman–Crippen LogP) is 2.56. The second kappa shape index (κ2) is 7.80. The Hall–Kier alpha value is -3.22. The van der Waals surface area contributed by atoms with Crippen LogP contribution in [0.25, 0.3) is 11.0 Å². The summed E-state index contributed by atoms with van der Waals surface area (Å²) in [6.07, 6.45) is 1.35. The smallest absolute Gasteiger partial charge is 0.244 e. The third-order valence-electron chi connectivity index (χ3n) is 5.30. The monoisotopic (exact) mass is 378 g/mol. The summed E-state index contributed by atoms with van der Waals surface area (Å²) in [6, 6.07) is 14.8. The number of likely N-dealkylation sites (tertiary alicyclic amines) is 1. The molecule has 1 saturated heterocycles. The summed E-state index contributed by atoms with van der Waals surface area (Å²) < 4.78 is 6.77. The number of piperidine rings is 1. The summed E-state index contributed by atoms with van der Waals surface area (Å²) in [6.45, 7) is 1.33. The topological polar surface area (TPSA) is 77.3 Å². The minimum atomic E-state index is -0.0513. The molecule has 4 rings (SSSR count). The molecule has 0 saturated carbocycles. The molecule has 28 heavy (non-hydrogen) atoms. The molecule has 2 heterocycles. The largest absolute Gasteiger partial charge is 0.497 e. The Labute approximate surface area is 162 Å². The van der Waals surface area contributed by atoms with Crippen molar-refractivity contribution in [3.63, 3.8) is 0 Å². The van der Waals surface area contributed by atoms with Crippen LogP contribution in [0.3, 0.4) is 0 Å². The van der Waals surface area contributed by atoms with Crippen LogP contribution in [0.2, 0.25) is 0 Å². The van der Waals surface area contributed by atoms with Crippen molar-refractivity contribution in [2.24, 2.45) is 5.92 Å². The Morgan fingerprint density at radius 3 is 2.50 bits per heavy atom. The number of para-hydroxylation sites is 1. The highest BCUT2D eigenvalue weighted by Gasteiger charge is 2.28. The summed E-state index contributed by atoms with van der Waals surface area (Å²) in [5.74, 6) is 0.824. The number of aromatic nitrogens is 3. The molecule has 0 aliphatic carbocycles. The van der Waals surface area contributed by atoms with Crippen molar-refractivity contribution >= 4 is 22.7 Å². The summed E-state index contributed by atoms with van der Waals surface area (Å²) in [4.78, 5) is 27.2. The number of fused-ring (bicyclic) bond motifs is 1. The summed E-state index contributed by atoms with van der Waals surface area (Å²) in [5, 5.41) is 8.17. The highest BCUT2D eigenvalue weighted by Crippen LogP contribution is 2.23. The van der Waals surface area contributed by atoms with E-state index in [0.29, 0.717) is 31.5 Å². The number of carbonyl (C=O) groups is 2. The van der Waals surface area contributed by atoms with E-state index in [9.17, 15) is 9.59 Å². The van der Waals surface area contributed by atoms with Crippen molar-refractivity contribution in [1.29, 1.82) is 0 Å². The molecule has 1 amide bonds. The first kappa shape index (κ1) is 18.2. The number of hydrogen-bond donors (Lipinski definition) is 0. The molecule has 0 unspecified atom stereocenters. The van der Waals surface area contributed by atoms with Crippen molar-refractivity contribution in [2.75, 3.05) is 20.2 Å². The number of nitrogens with zero attached hydrogens (tertiary/aromatic N) is 4. The van der Waals surface area contributed by atoms with Gasteiger partial charge in [-0.1, -0.05) is 17.3 Å². The Morgan fingerprint density at radius 2 is 1.79 bits per heavy atom. The third-order valence-corrected chi connectivity index (χ3v) is 5.30. The van der Waals surface area contributed by atoms with Gasteiger partial charge in [0.2, 0.25) is 5.91 Å². The molecule has 1 aliphatic rings. The first-order valence-electron chi connectivity index (χ1n) is 9.40. The van der Waals surface area contributed by atoms with Gasteiger partial charge in [0.05, 0.1) is 12.6 Å². The number of carbonyl (C=O) groups excluding carboxylic acids is 2. The molecule has 0 spiro atoms. The van der Waals surface area contributed by atoms with E-state index in [1.54, 1.807) is 36.1 Å². The Morgan fingerprint density at radius 1 is 1.07 bits per heavy atom. The van der Waals surface area contributed by atoms with Gasteiger partial charge in [-0.25, -0.2) is 4.68 Å². The zero-order valence-electron chi connectivity index (χ0n) is 15.7. The Balaban J connectivity index is 1.35. The van der Waals surface area contributed by atoms with Gasteiger partial charge in [-0.05, 0) is 49.2 Å². The second-order valence-corrected chi connectivity index (χ2v) is 6.98. The number of ketones is 1. The van der Waals surface area contributed by atoms with E-state index in [-0.39, 0.29) is 24.2 Å². The number of methoxy groups -OCH3 is 1. The van der Waals surface area contributed by atoms with Gasteiger partial charge in [-0.15, -0.1) is 5.10 Å². The fourth-order valence-corrected chi connectivity index (χ4v) is 3.64. The van der Waals surface area contributed by atoms with Crippen LogP contribution in [0.5, 0.6) is 5.75 Å². The molecular weight excluding hydrogens is 356 g/mol. The maximum atomic E-state index is 12.7. The number of Topliss-reactive ketones (excluding diaryl/α,β-unsaturated/α-hetero) is 1. The van der Waals surface area contributed by atoms with Gasteiger partial charge in [0, 0.05) is 24.6 Å². The van der Waals surface area contributed by atoms with Gasteiger partial charge in [0.15, 0.2) is 5.78 Å². The SMILES string of the molecule is COc1ccc(C(=O)C2CCN(C(=O)Cn3nnc4ccccc43)CC2)cc1. The van der Waals surface area contributed by atoms with E-state index in [2.05, 4.69) is 10.3 Å². The van der Waals surface area contributed by atoms with Crippen LogP contribution in [-0.4, -0.2) is 51.8 Å². The van der Waals surface area contributed by atoms with Crippen LogP contribution in [0.15, 0.2) is 48.5 Å². The number of amides is 1. The van der Waals surface area contributed by atoms with Gasteiger partial charge in [0.1, 0.15) is 17.8 Å². The lowest BCUT2D eigenvalue weighted by atomic mass is 9.89. The zero-order chi connectivity index (χ0) is 19.5. The molecule has 0 radical (unpaired) electrons. The molecule has 0 atom stereocenters.